The standard InChI is InChI=1S/C27H26FNO5S/c1-33-21-11-3-17(4-12-21)15-29(35(2,31)32)25-14-26-23(13-22(25)18-5-6-18)24(16-30)27(34-26)19-7-9-20(28)10-8-19/h3-4,7-14,18,30H,5-6,15-16H2,1-2H3. The molecule has 182 valence electrons. The van der Waals surface area contributed by atoms with Crippen molar-refractivity contribution in [1.82, 2.24) is 0 Å². The van der Waals surface area contributed by atoms with Crippen LogP contribution in [-0.4, -0.2) is 26.9 Å². The summed E-state index contributed by atoms with van der Waals surface area (Å²) in [4.78, 5) is 0. The minimum absolute atomic E-state index is 0.159. The molecule has 0 unspecified atom stereocenters. The Morgan fingerprint density at radius 3 is 2.34 bits per heavy atom. The third-order valence-electron chi connectivity index (χ3n) is 6.38. The summed E-state index contributed by atoms with van der Waals surface area (Å²) >= 11 is 0. The highest BCUT2D eigenvalue weighted by atomic mass is 32.2. The number of aliphatic hydroxyl groups is 1. The van der Waals surface area contributed by atoms with Gasteiger partial charge in [-0.15, -0.1) is 0 Å². The molecular weight excluding hydrogens is 469 g/mol. The Morgan fingerprint density at radius 1 is 1.09 bits per heavy atom. The molecule has 3 aromatic carbocycles. The maximum Gasteiger partial charge on any atom is 0.232 e. The first kappa shape index (κ1) is 23.4. The van der Waals surface area contributed by atoms with Crippen LogP contribution in [0.3, 0.4) is 0 Å². The average molecular weight is 496 g/mol. The lowest BCUT2D eigenvalue weighted by Crippen LogP contribution is -2.30. The van der Waals surface area contributed by atoms with Gasteiger partial charge in [-0.1, -0.05) is 12.1 Å². The molecule has 5 rings (SSSR count). The van der Waals surface area contributed by atoms with Crippen LogP contribution in [0.15, 0.2) is 65.1 Å². The molecule has 0 amide bonds. The van der Waals surface area contributed by atoms with Gasteiger partial charge in [0.05, 0.1) is 32.2 Å². The number of aliphatic hydroxyl groups excluding tert-OH is 1. The molecule has 0 saturated heterocycles. The third-order valence-corrected chi connectivity index (χ3v) is 7.50. The van der Waals surface area contributed by atoms with Crippen molar-refractivity contribution < 1.29 is 27.1 Å². The van der Waals surface area contributed by atoms with Crippen molar-refractivity contribution >= 4 is 26.7 Å². The van der Waals surface area contributed by atoms with Crippen molar-refractivity contribution in [3.63, 3.8) is 0 Å². The van der Waals surface area contributed by atoms with Crippen LogP contribution in [0.1, 0.15) is 35.4 Å². The zero-order valence-electron chi connectivity index (χ0n) is 19.5. The summed E-state index contributed by atoms with van der Waals surface area (Å²) in [7, 11) is -2.04. The van der Waals surface area contributed by atoms with Gasteiger partial charge in [-0.2, -0.15) is 0 Å². The number of fused-ring (bicyclic) bond motifs is 1. The van der Waals surface area contributed by atoms with E-state index >= 15 is 0 Å². The van der Waals surface area contributed by atoms with Crippen LogP contribution >= 0.6 is 0 Å². The first-order valence-corrected chi connectivity index (χ1v) is 13.2. The summed E-state index contributed by atoms with van der Waals surface area (Å²) < 4.78 is 52.2. The Balaban J connectivity index is 1.65. The predicted octanol–water partition coefficient (Wildman–Crippen LogP) is 5.58. The van der Waals surface area contributed by atoms with Gasteiger partial charge in [-0.3, -0.25) is 4.31 Å². The molecule has 1 aromatic heterocycles. The zero-order valence-corrected chi connectivity index (χ0v) is 20.3. The summed E-state index contributed by atoms with van der Waals surface area (Å²) in [6.07, 6.45) is 3.13. The molecule has 0 radical (unpaired) electrons. The second-order valence-corrected chi connectivity index (χ2v) is 10.8. The molecule has 1 heterocycles. The SMILES string of the molecule is COc1ccc(CN(c2cc3oc(-c4ccc(F)cc4)c(CO)c3cc2C2CC2)S(C)(=O)=O)cc1. The summed E-state index contributed by atoms with van der Waals surface area (Å²) in [6, 6.07) is 16.9. The smallest absolute Gasteiger partial charge is 0.232 e. The van der Waals surface area contributed by atoms with Gasteiger partial charge in [-0.05, 0) is 72.4 Å². The summed E-state index contributed by atoms with van der Waals surface area (Å²) in [5, 5.41) is 10.9. The number of nitrogens with zero attached hydrogens (tertiary/aromatic N) is 1. The van der Waals surface area contributed by atoms with Crippen LogP contribution in [0.2, 0.25) is 0 Å². The number of anilines is 1. The minimum atomic E-state index is -3.63. The maximum atomic E-state index is 13.5. The van der Waals surface area contributed by atoms with Gasteiger partial charge in [0, 0.05) is 22.6 Å². The number of methoxy groups -OCH3 is 1. The minimum Gasteiger partial charge on any atom is -0.497 e. The van der Waals surface area contributed by atoms with Crippen molar-refractivity contribution in [2.45, 2.75) is 31.9 Å². The molecule has 0 atom stereocenters. The van der Waals surface area contributed by atoms with Crippen LogP contribution in [0.5, 0.6) is 5.75 Å². The Bertz CT molecular complexity index is 1470. The number of benzene rings is 3. The fraction of sp³-hybridized carbons (Fsp3) is 0.259. The molecular formula is C27H26FNO5S. The molecule has 1 fully saturated rings. The lowest BCUT2D eigenvalue weighted by molar-refractivity contribution is 0.282. The van der Waals surface area contributed by atoms with Gasteiger partial charge in [-0.25, -0.2) is 12.8 Å². The molecule has 8 heteroatoms. The van der Waals surface area contributed by atoms with Crippen molar-refractivity contribution in [3.8, 4) is 17.1 Å². The Morgan fingerprint density at radius 2 is 1.77 bits per heavy atom. The van der Waals surface area contributed by atoms with Gasteiger partial charge >= 0.3 is 0 Å². The Hall–Kier alpha value is -3.36. The van der Waals surface area contributed by atoms with E-state index < -0.39 is 10.0 Å². The monoisotopic (exact) mass is 495 g/mol. The number of rotatable bonds is 8. The fourth-order valence-electron chi connectivity index (χ4n) is 4.41. The van der Waals surface area contributed by atoms with Gasteiger partial charge < -0.3 is 14.3 Å². The van der Waals surface area contributed by atoms with Crippen LogP contribution in [-0.2, 0) is 23.2 Å². The molecule has 0 spiro atoms. The molecule has 0 aliphatic heterocycles. The molecule has 1 aliphatic carbocycles. The van der Waals surface area contributed by atoms with Gasteiger partial charge in [0.15, 0.2) is 0 Å². The van der Waals surface area contributed by atoms with E-state index in [-0.39, 0.29) is 24.9 Å². The lowest BCUT2D eigenvalue weighted by atomic mass is 10.0. The van der Waals surface area contributed by atoms with E-state index in [4.69, 9.17) is 9.15 Å². The number of hydrogen-bond donors (Lipinski definition) is 1. The van der Waals surface area contributed by atoms with Gasteiger partial charge in [0.25, 0.3) is 0 Å². The van der Waals surface area contributed by atoms with E-state index in [9.17, 15) is 17.9 Å². The number of sulfonamides is 1. The Kier molecular flexibility index (Phi) is 6.02. The van der Waals surface area contributed by atoms with E-state index in [2.05, 4.69) is 0 Å². The number of ether oxygens (including phenoxy) is 1. The molecule has 35 heavy (non-hydrogen) atoms. The molecule has 4 aromatic rings. The van der Waals surface area contributed by atoms with Crippen molar-refractivity contribution in [2.75, 3.05) is 17.7 Å². The van der Waals surface area contributed by atoms with Gasteiger partial charge in [0.2, 0.25) is 10.0 Å². The Labute approximate surface area is 203 Å². The van der Waals surface area contributed by atoms with Crippen LogP contribution in [0.4, 0.5) is 10.1 Å². The van der Waals surface area contributed by atoms with E-state index in [1.165, 1.54) is 22.7 Å². The number of hydrogen-bond acceptors (Lipinski definition) is 5. The van der Waals surface area contributed by atoms with E-state index in [1.807, 2.05) is 18.2 Å². The zero-order chi connectivity index (χ0) is 24.7. The second-order valence-electron chi connectivity index (χ2n) is 8.87. The quantitative estimate of drug-likeness (QED) is 0.345. The number of halogens is 1. The molecule has 1 N–H and O–H groups in total. The van der Waals surface area contributed by atoms with E-state index in [0.29, 0.717) is 33.9 Å². The van der Waals surface area contributed by atoms with Crippen LogP contribution < -0.4 is 9.04 Å². The first-order valence-electron chi connectivity index (χ1n) is 11.3. The summed E-state index contributed by atoms with van der Waals surface area (Å²) in [5.74, 6) is 1.02. The second kappa shape index (κ2) is 9.02. The maximum absolute atomic E-state index is 13.5. The molecule has 6 nitrogen and oxygen atoms in total. The van der Waals surface area contributed by atoms with Crippen LogP contribution in [0.25, 0.3) is 22.3 Å². The van der Waals surface area contributed by atoms with Crippen LogP contribution in [0, 0.1) is 5.82 Å². The highest BCUT2D eigenvalue weighted by Crippen LogP contribution is 2.48. The highest BCUT2D eigenvalue weighted by Gasteiger charge is 2.32. The van der Waals surface area contributed by atoms with E-state index in [1.54, 1.807) is 37.4 Å². The molecule has 1 saturated carbocycles. The van der Waals surface area contributed by atoms with Crippen molar-refractivity contribution in [2.24, 2.45) is 0 Å². The fourth-order valence-corrected chi connectivity index (χ4v) is 5.31. The normalized spacial score (nSPS) is 13.8. The topological polar surface area (TPSA) is 80.0 Å². The number of furan rings is 1. The third kappa shape index (κ3) is 4.63. The summed E-state index contributed by atoms with van der Waals surface area (Å²) in [6.45, 7) is -0.1000. The molecule has 0 bridgehead atoms. The highest BCUT2D eigenvalue weighted by molar-refractivity contribution is 7.92. The lowest BCUT2D eigenvalue weighted by Gasteiger charge is -2.25. The summed E-state index contributed by atoms with van der Waals surface area (Å²) in [5.41, 5.74) is 4.01. The molecule has 1 aliphatic rings. The first-order chi connectivity index (χ1) is 16.8. The van der Waals surface area contributed by atoms with Crippen molar-refractivity contribution in [3.05, 3.63) is 83.2 Å². The predicted molar refractivity (Wildman–Crippen MR) is 134 cm³/mol. The largest absolute Gasteiger partial charge is 0.497 e. The van der Waals surface area contributed by atoms with E-state index in [0.717, 1.165) is 29.4 Å². The average Bonchev–Trinajstić information content (AvgIpc) is 3.62. The van der Waals surface area contributed by atoms with Gasteiger partial charge in [0.1, 0.15) is 22.9 Å². The van der Waals surface area contributed by atoms with Crippen molar-refractivity contribution in [1.29, 1.82) is 0 Å².